The number of H-pyrrole nitrogens is 1. The Morgan fingerprint density at radius 1 is 1.31 bits per heavy atom. The molecule has 2 heteroatoms. The first kappa shape index (κ1) is 10.7. The van der Waals surface area contributed by atoms with Crippen molar-refractivity contribution < 1.29 is 0 Å². The standard InChI is InChI=1S/C14H16N2/c1-11-5-3-6-13(12(11)2)7-4-8-14-15-9-10-16-14/h3-6,8-10H,7H2,1-2H3,(H,15,16). The monoisotopic (exact) mass is 212 g/mol. The maximum absolute atomic E-state index is 4.15. The zero-order chi connectivity index (χ0) is 11.4. The molecule has 2 aromatic rings. The quantitative estimate of drug-likeness (QED) is 0.831. The van der Waals surface area contributed by atoms with Crippen LogP contribution in [0.15, 0.2) is 36.7 Å². The summed E-state index contributed by atoms with van der Waals surface area (Å²) in [6.07, 6.45) is 8.70. The Morgan fingerprint density at radius 3 is 2.94 bits per heavy atom. The molecule has 0 unspecified atom stereocenters. The minimum Gasteiger partial charge on any atom is -0.345 e. The SMILES string of the molecule is Cc1cccc(CC=Cc2ncc[nH]2)c1C. The van der Waals surface area contributed by atoms with E-state index in [2.05, 4.69) is 48.1 Å². The molecule has 0 aliphatic rings. The molecule has 1 N–H and O–H groups in total. The first-order valence-electron chi connectivity index (χ1n) is 5.48. The third-order valence-electron chi connectivity index (χ3n) is 2.85. The van der Waals surface area contributed by atoms with Gasteiger partial charge in [-0.2, -0.15) is 0 Å². The van der Waals surface area contributed by atoms with Crippen LogP contribution in [0.25, 0.3) is 6.08 Å². The van der Waals surface area contributed by atoms with Gasteiger partial charge >= 0.3 is 0 Å². The number of nitrogens with one attached hydrogen (secondary N) is 1. The molecular formula is C14H16N2. The van der Waals surface area contributed by atoms with E-state index in [9.17, 15) is 0 Å². The summed E-state index contributed by atoms with van der Waals surface area (Å²) in [5.41, 5.74) is 4.11. The molecule has 0 spiro atoms. The predicted octanol–water partition coefficient (Wildman–Crippen LogP) is 3.28. The minimum absolute atomic E-state index is 0.908. The maximum atomic E-state index is 4.15. The highest BCUT2D eigenvalue weighted by Crippen LogP contribution is 2.13. The van der Waals surface area contributed by atoms with Crippen molar-refractivity contribution in [1.82, 2.24) is 9.97 Å². The second-order valence-corrected chi connectivity index (χ2v) is 3.94. The molecule has 0 atom stereocenters. The Morgan fingerprint density at radius 2 is 2.19 bits per heavy atom. The smallest absolute Gasteiger partial charge is 0.129 e. The zero-order valence-corrected chi connectivity index (χ0v) is 9.70. The van der Waals surface area contributed by atoms with Crippen LogP contribution in [0.3, 0.4) is 0 Å². The van der Waals surface area contributed by atoms with Gasteiger partial charge in [0.15, 0.2) is 0 Å². The maximum Gasteiger partial charge on any atom is 0.129 e. The summed E-state index contributed by atoms with van der Waals surface area (Å²) >= 11 is 0. The number of aromatic nitrogens is 2. The summed E-state index contributed by atoms with van der Waals surface area (Å²) in [4.78, 5) is 7.20. The van der Waals surface area contributed by atoms with Crippen molar-refractivity contribution >= 4 is 6.08 Å². The first-order valence-corrected chi connectivity index (χ1v) is 5.48. The molecule has 1 aromatic carbocycles. The average molecular weight is 212 g/mol. The Bertz CT molecular complexity index is 481. The number of hydrogen-bond acceptors (Lipinski definition) is 1. The van der Waals surface area contributed by atoms with Crippen LogP contribution in [0.1, 0.15) is 22.5 Å². The lowest BCUT2D eigenvalue weighted by Crippen LogP contribution is -1.89. The molecule has 2 nitrogen and oxygen atoms in total. The van der Waals surface area contributed by atoms with Crippen LogP contribution in [-0.2, 0) is 6.42 Å². The lowest BCUT2D eigenvalue weighted by atomic mass is 10.0. The van der Waals surface area contributed by atoms with Gasteiger partial charge in [0.1, 0.15) is 5.82 Å². The number of imidazole rings is 1. The molecule has 0 radical (unpaired) electrons. The largest absolute Gasteiger partial charge is 0.345 e. The van der Waals surface area contributed by atoms with Crippen molar-refractivity contribution in [2.24, 2.45) is 0 Å². The van der Waals surface area contributed by atoms with Crippen LogP contribution < -0.4 is 0 Å². The van der Waals surface area contributed by atoms with E-state index in [1.54, 1.807) is 6.20 Å². The van der Waals surface area contributed by atoms with Crippen LogP contribution in [0.5, 0.6) is 0 Å². The fourth-order valence-corrected chi connectivity index (χ4v) is 1.70. The van der Waals surface area contributed by atoms with E-state index < -0.39 is 0 Å². The molecule has 2 rings (SSSR count). The topological polar surface area (TPSA) is 28.7 Å². The lowest BCUT2D eigenvalue weighted by molar-refractivity contribution is 1.18. The Balaban J connectivity index is 2.08. The van der Waals surface area contributed by atoms with Crippen LogP contribution >= 0.6 is 0 Å². The number of allylic oxidation sites excluding steroid dienone is 1. The molecule has 0 saturated heterocycles. The van der Waals surface area contributed by atoms with Gasteiger partial charge in [-0.05, 0) is 43.0 Å². The summed E-state index contributed by atoms with van der Waals surface area (Å²) in [5, 5.41) is 0. The van der Waals surface area contributed by atoms with Crippen molar-refractivity contribution in [3.63, 3.8) is 0 Å². The highest BCUT2D eigenvalue weighted by molar-refractivity contribution is 5.42. The van der Waals surface area contributed by atoms with Crippen molar-refractivity contribution in [3.8, 4) is 0 Å². The van der Waals surface area contributed by atoms with E-state index in [-0.39, 0.29) is 0 Å². The third kappa shape index (κ3) is 2.40. The third-order valence-corrected chi connectivity index (χ3v) is 2.85. The van der Waals surface area contributed by atoms with E-state index in [4.69, 9.17) is 0 Å². The number of benzene rings is 1. The van der Waals surface area contributed by atoms with Gasteiger partial charge in [-0.1, -0.05) is 24.3 Å². The average Bonchev–Trinajstić information content (AvgIpc) is 2.77. The highest BCUT2D eigenvalue weighted by Gasteiger charge is 1.97. The molecule has 0 bridgehead atoms. The lowest BCUT2D eigenvalue weighted by Gasteiger charge is -2.05. The fourth-order valence-electron chi connectivity index (χ4n) is 1.70. The van der Waals surface area contributed by atoms with E-state index in [1.165, 1.54) is 16.7 Å². The number of aromatic amines is 1. The van der Waals surface area contributed by atoms with E-state index in [0.717, 1.165) is 12.2 Å². The van der Waals surface area contributed by atoms with Crippen molar-refractivity contribution in [3.05, 3.63) is 59.2 Å². The Hall–Kier alpha value is -1.83. The molecule has 82 valence electrons. The summed E-state index contributed by atoms with van der Waals surface area (Å²) in [5.74, 6) is 0.908. The van der Waals surface area contributed by atoms with Crippen molar-refractivity contribution in [2.75, 3.05) is 0 Å². The van der Waals surface area contributed by atoms with Gasteiger partial charge in [-0.15, -0.1) is 0 Å². The number of rotatable bonds is 3. The molecule has 1 heterocycles. The molecule has 16 heavy (non-hydrogen) atoms. The molecule has 0 saturated carbocycles. The molecule has 0 aliphatic heterocycles. The summed E-state index contributed by atoms with van der Waals surface area (Å²) in [7, 11) is 0. The van der Waals surface area contributed by atoms with Crippen molar-refractivity contribution in [2.45, 2.75) is 20.3 Å². The van der Waals surface area contributed by atoms with Crippen LogP contribution in [0.4, 0.5) is 0 Å². The van der Waals surface area contributed by atoms with Gasteiger partial charge in [0.25, 0.3) is 0 Å². The second-order valence-electron chi connectivity index (χ2n) is 3.94. The zero-order valence-electron chi connectivity index (χ0n) is 9.70. The summed E-state index contributed by atoms with van der Waals surface area (Å²) in [6.45, 7) is 4.32. The fraction of sp³-hybridized carbons (Fsp3) is 0.214. The Labute approximate surface area is 96.1 Å². The normalized spacial score (nSPS) is 11.1. The molecule has 0 fully saturated rings. The van der Waals surface area contributed by atoms with Crippen molar-refractivity contribution in [1.29, 1.82) is 0 Å². The van der Waals surface area contributed by atoms with Gasteiger partial charge in [0.2, 0.25) is 0 Å². The van der Waals surface area contributed by atoms with Crippen LogP contribution in [0, 0.1) is 13.8 Å². The van der Waals surface area contributed by atoms with Crippen LogP contribution in [-0.4, -0.2) is 9.97 Å². The minimum atomic E-state index is 0.908. The van der Waals surface area contributed by atoms with Gasteiger partial charge in [0, 0.05) is 12.4 Å². The second kappa shape index (κ2) is 4.79. The number of aryl methyl sites for hydroxylation is 1. The summed E-state index contributed by atoms with van der Waals surface area (Å²) < 4.78 is 0. The molecular weight excluding hydrogens is 196 g/mol. The van der Waals surface area contributed by atoms with E-state index in [0.29, 0.717) is 0 Å². The first-order chi connectivity index (χ1) is 7.77. The Kier molecular flexibility index (Phi) is 3.20. The molecule has 0 aliphatic carbocycles. The highest BCUT2D eigenvalue weighted by atomic mass is 14.9. The van der Waals surface area contributed by atoms with Gasteiger partial charge in [-0.25, -0.2) is 4.98 Å². The number of nitrogens with zero attached hydrogens (tertiary/aromatic N) is 1. The predicted molar refractivity (Wildman–Crippen MR) is 67.2 cm³/mol. The van der Waals surface area contributed by atoms with Gasteiger partial charge in [-0.3, -0.25) is 0 Å². The molecule has 1 aromatic heterocycles. The van der Waals surface area contributed by atoms with Gasteiger partial charge in [0.05, 0.1) is 0 Å². The molecule has 0 amide bonds. The van der Waals surface area contributed by atoms with Crippen LogP contribution in [0.2, 0.25) is 0 Å². The van der Waals surface area contributed by atoms with Gasteiger partial charge < -0.3 is 4.98 Å². The summed E-state index contributed by atoms with van der Waals surface area (Å²) in [6, 6.07) is 6.43. The van der Waals surface area contributed by atoms with E-state index >= 15 is 0 Å². The number of hydrogen-bond donors (Lipinski definition) is 1. The van der Waals surface area contributed by atoms with E-state index in [1.807, 2.05) is 12.3 Å².